The van der Waals surface area contributed by atoms with Crippen LogP contribution < -0.4 is 15.4 Å². The van der Waals surface area contributed by atoms with Crippen LogP contribution in [0.2, 0.25) is 0 Å². The minimum atomic E-state index is -0.251. The predicted molar refractivity (Wildman–Crippen MR) is 139 cm³/mol. The number of methoxy groups -OCH3 is 2. The average Bonchev–Trinajstić information content (AvgIpc) is 3.33. The largest absolute Gasteiger partial charge is 0.497 e. The molecule has 8 heteroatoms. The summed E-state index contributed by atoms with van der Waals surface area (Å²) in [5.41, 5.74) is 3.44. The third-order valence-corrected chi connectivity index (χ3v) is 6.68. The molecule has 0 radical (unpaired) electrons. The van der Waals surface area contributed by atoms with Crippen LogP contribution in [-0.4, -0.2) is 48.8 Å². The lowest BCUT2D eigenvalue weighted by molar-refractivity contribution is -0.139. The van der Waals surface area contributed by atoms with Gasteiger partial charge in [0.05, 0.1) is 26.2 Å². The zero-order valence-electron chi connectivity index (χ0n) is 20.5. The van der Waals surface area contributed by atoms with Gasteiger partial charge < -0.3 is 24.5 Å². The molecule has 0 aliphatic heterocycles. The molecule has 1 fully saturated rings. The average molecular weight is 487 g/mol. The van der Waals surface area contributed by atoms with E-state index in [0.29, 0.717) is 5.71 Å². The number of benzene rings is 2. The molecule has 0 bridgehead atoms. The second-order valence-electron chi connectivity index (χ2n) is 8.96. The van der Waals surface area contributed by atoms with Crippen LogP contribution in [0.5, 0.6) is 5.75 Å². The highest BCUT2D eigenvalue weighted by atomic mass is 16.5. The van der Waals surface area contributed by atoms with Crippen LogP contribution in [0, 0.1) is 0 Å². The van der Waals surface area contributed by atoms with E-state index >= 15 is 0 Å². The van der Waals surface area contributed by atoms with Crippen molar-refractivity contribution in [3.8, 4) is 28.2 Å². The maximum atomic E-state index is 11.6. The van der Waals surface area contributed by atoms with Crippen molar-refractivity contribution in [2.45, 2.75) is 37.8 Å². The Hall–Kier alpha value is -3.91. The van der Waals surface area contributed by atoms with Gasteiger partial charge in [0.25, 0.3) is 0 Å². The number of carbonyl (C=O) groups excluding carboxylic acids is 1. The van der Waals surface area contributed by atoms with E-state index < -0.39 is 0 Å². The number of esters is 1. The van der Waals surface area contributed by atoms with Gasteiger partial charge in [0.15, 0.2) is 0 Å². The van der Waals surface area contributed by atoms with Crippen molar-refractivity contribution >= 4 is 22.9 Å². The van der Waals surface area contributed by atoms with Gasteiger partial charge in [-0.2, -0.15) is 0 Å². The number of rotatable bonds is 8. The number of fused-ring (bicyclic) bond motifs is 1. The monoisotopic (exact) mass is 486 g/mol. The molecule has 5 rings (SSSR count). The van der Waals surface area contributed by atoms with Crippen molar-refractivity contribution in [1.29, 1.82) is 0 Å². The zero-order chi connectivity index (χ0) is 24.9. The Morgan fingerprint density at radius 3 is 2.53 bits per heavy atom. The van der Waals surface area contributed by atoms with E-state index in [1.807, 2.05) is 54.6 Å². The second kappa shape index (κ2) is 10.8. The Morgan fingerprint density at radius 2 is 1.78 bits per heavy atom. The van der Waals surface area contributed by atoms with E-state index in [1.165, 1.54) is 13.4 Å². The third kappa shape index (κ3) is 5.04. The van der Waals surface area contributed by atoms with Crippen molar-refractivity contribution in [3.63, 3.8) is 0 Å². The van der Waals surface area contributed by atoms with E-state index in [0.717, 1.165) is 65.1 Å². The van der Waals surface area contributed by atoms with Crippen LogP contribution in [-0.2, 0) is 9.53 Å². The van der Waals surface area contributed by atoms with Gasteiger partial charge in [0.1, 0.15) is 23.7 Å². The first-order valence-corrected chi connectivity index (χ1v) is 12.2. The fourth-order valence-electron chi connectivity index (χ4n) is 4.87. The Kier molecular flexibility index (Phi) is 7.13. The Balaban J connectivity index is 1.52. The molecule has 2 aromatic carbocycles. The van der Waals surface area contributed by atoms with E-state index in [2.05, 4.69) is 20.6 Å². The molecular formula is C28H30N4O4. The molecule has 2 N–H and O–H groups in total. The number of furan rings is 1. The number of aromatic nitrogens is 2. The van der Waals surface area contributed by atoms with Crippen LogP contribution >= 0.6 is 0 Å². The number of nitrogens with zero attached hydrogens (tertiary/aromatic N) is 2. The molecule has 2 heterocycles. The molecule has 0 spiro atoms. The van der Waals surface area contributed by atoms with Gasteiger partial charge in [-0.3, -0.25) is 4.79 Å². The molecule has 1 aliphatic carbocycles. The zero-order valence-corrected chi connectivity index (χ0v) is 20.5. The molecule has 36 heavy (non-hydrogen) atoms. The first kappa shape index (κ1) is 23.8. The number of nitrogens with one attached hydrogen (secondary N) is 2. The van der Waals surface area contributed by atoms with Gasteiger partial charge in [-0.1, -0.05) is 42.5 Å². The van der Waals surface area contributed by atoms with Crippen molar-refractivity contribution in [3.05, 3.63) is 60.9 Å². The van der Waals surface area contributed by atoms with Crippen molar-refractivity contribution < 1.29 is 18.7 Å². The molecule has 2 aromatic heterocycles. The molecule has 4 aromatic rings. The fraction of sp³-hybridized carbons (Fsp3) is 0.321. The van der Waals surface area contributed by atoms with Crippen molar-refractivity contribution in [2.24, 2.45) is 0 Å². The summed E-state index contributed by atoms with van der Waals surface area (Å²) in [5.74, 6) is 2.03. The normalized spacial score (nSPS) is 17.6. The number of anilines is 1. The lowest BCUT2D eigenvalue weighted by Crippen LogP contribution is -2.41. The number of carbonyl (C=O) groups is 1. The van der Waals surface area contributed by atoms with E-state index in [9.17, 15) is 4.79 Å². The maximum absolute atomic E-state index is 11.6. The highest BCUT2D eigenvalue weighted by Crippen LogP contribution is 2.43. The highest BCUT2D eigenvalue weighted by molar-refractivity contribution is 6.05. The maximum Gasteiger partial charge on any atom is 0.319 e. The van der Waals surface area contributed by atoms with Crippen LogP contribution in [0.3, 0.4) is 0 Å². The van der Waals surface area contributed by atoms with E-state index in [4.69, 9.17) is 13.9 Å². The summed E-state index contributed by atoms with van der Waals surface area (Å²) >= 11 is 0. The molecular weight excluding hydrogens is 456 g/mol. The highest BCUT2D eigenvalue weighted by Gasteiger charge is 2.26. The van der Waals surface area contributed by atoms with Crippen molar-refractivity contribution in [2.75, 3.05) is 26.1 Å². The lowest BCUT2D eigenvalue weighted by atomic mass is 9.90. The van der Waals surface area contributed by atoms with Gasteiger partial charge in [0.2, 0.25) is 5.71 Å². The van der Waals surface area contributed by atoms with Gasteiger partial charge >= 0.3 is 5.97 Å². The summed E-state index contributed by atoms with van der Waals surface area (Å²) in [6, 6.07) is 18.4. The summed E-state index contributed by atoms with van der Waals surface area (Å²) in [5, 5.41) is 7.84. The standard InChI is InChI=1S/C28H30N4O4/c1-34-22-13-11-18(12-14-22)24-25-27(32-21-10-6-9-20(15-21)29-16-23(33)35-2)30-17-31-28(25)36-26(24)19-7-4-3-5-8-19/h3-5,7-8,11-14,17,20-21,29H,6,9-10,15-16H2,1-2H3,(H,30,31,32). The number of hydrogen-bond acceptors (Lipinski definition) is 8. The van der Waals surface area contributed by atoms with Crippen LogP contribution in [0.1, 0.15) is 25.7 Å². The summed E-state index contributed by atoms with van der Waals surface area (Å²) in [6.07, 6.45) is 5.51. The summed E-state index contributed by atoms with van der Waals surface area (Å²) in [7, 11) is 3.07. The van der Waals surface area contributed by atoms with E-state index in [-0.39, 0.29) is 24.6 Å². The molecule has 2 unspecified atom stereocenters. The summed E-state index contributed by atoms with van der Waals surface area (Å²) in [4.78, 5) is 20.7. The van der Waals surface area contributed by atoms with E-state index in [1.54, 1.807) is 7.11 Å². The fourth-order valence-corrected chi connectivity index (χ4v) is 4.87. The third-order valence-electron chi connectivity index (χ3n) is 6.68. The minimum Gasteiger partial charge on any atom is -0.497 e. The summed E-state index contributed by atoms with van der Waals surface area (Å²) in [6.45, 7) is 0.218. The minimum absolute atomic E-state index is 0.200. The number of hydrogen-bond donors (Lipinski definition) is 2. The predicted octanol–water partition coefficient (Wildman–Crippen LogP) is 5.05. The van der Waals surface area contributed by atoms with Crippen LogP contribution in [0.25, 0.3) is 33.6 Å². The van der Waals surface area contributed by atoms with Gasteiger partial charge in [-0.25, -0.2) is 9.97 Å². The summed E-state index contributed by atoms with van der Waals surface area (Å²) < 4.78 is 16.5. The first-order valence-electron chi connectivity index (χ1n) is 12.2. The molecule has 2 atom stereocenters. The molecule has 0 amide bonds. The molecule has 186 valence electrons. The second-order valence-corrected chi connectivity index (χ2v) is 8.96. The number of ether oxygens (including phenoxy) is 2. The molecule has 1 saturated carbocycles. The van der Waals surface area contributed by atoms with Gasteiger partial charge in [0, 0.05) is 23.2 Å². The smallest absolute Gasteiger partial charge is 0.319 e. The first-order chi connectivity index (χ1) is 17.7. The Bertz CT molecular complexity index is 1320. The Labute approximate surface area is 210 Å². The molecule has 8 nitrogen and oxygen atoms in total. The van der Waals surface area contributed by atoms with Gasteiger partial charge in [-0.05, 0) is 43.4 Å². The van der Waals surface area contributed by atoms with Crippen LogP contribution in [0.4, 0.5) is 5.82 Å². The molecule has 1 aliphatic rings. The van der Waals surface area contributed by atoms with Gasteiger partial charge in [-0.15, -0.1) is 0 Å². The van der Waals surface area contributed by atoms with Crippen molar-refractivity contribution in [1.82, 2.24) is 15.3 Å². The Morgan fingerprint density at radius 1 is 1.00 bits per heavy atom. The SMILES string of the molecule is COC(=O)CNC1CCCC(Nc2ncnc3oc(-c4ccccc4)c(-c4ccc(OC)cc4)c23)C1. The van der Waals surface area contributed by atoms with Crippen LogP contribution in [0.15, 0.2) is 65.3 Å². The lowest BCUT2D eigenvalue weighted by Gasteiger charge is -2.30. The quantitative estimate of drug-likeness (QED) is 0.334. The molecule has 0 saturated heterocycles. The topological polar surface area (TPSA) is 98.5 Å².